The van der Waals surface area contributed by atoms with Gasteiger partial charge in [-0.25, -0.2) is 0 Å². The second-order valence-electron chi connectivity index (χ2n) is 5.05. The van der Waals surface area contributed by atoms with Gasteiger partial charge in [0.05, 0.1) is 12.2 Å². The van der Waals surface area contributed by atoms with Gasteiger partial charge < -0.3 is 5.32 Å². The van der Waals surface area contributed by atoms with Gasteiger partial charge in [-0.15, -0.1) is 0 Å². The number of nitrogens with zero attached hydrogens (tertiary/aromatic N) is 4. The van der Waals surface area contributed by atoms with Crippen LogP contribution in [0.1, 0.15) is 38.9 Å². The highest BCUT2D eigenvalue weighted by Crippen LogP contribution is 2.09. The molecule has 0 radical (unpaired) electrons. The minimum absolute atomic E-state index is 0.369. The fraction of sp³-hybridized carbons (Fsp3) is 0.571. The highest BCUT2D eigenvalue weighted by Gasteiger charge is 2.06. The van der Waals surface area contributed by atoms with E-state index in [1.807, 2.05) is 21.6 Å². The monoisotopic (exact) mass is 261 g/mol. The summed E-state index contributed by atoms with van der Waals surface area (Å²) in [4.78, 5) is 0. The molecule has 2 unspecified atom stereocenters. The average Bonchev–Trinajstić information content (AvgIpc) is 3.06. The predicted octanol–water partition coefficient (Wildman–Crippen LogP) is 2.23. The highest BCUT2D eigenvalue weighted by molar-refractivity contribution is 4.99. The molecule has 0 fully saturated rings. The van der Waals surface area contributed by atoms with Crippen molar-refractivity contribution in [2.45, 2.75) is 52.4 Å². The fourth-order valence-electron chi connectivity index (χ4n) is 1.94. The zero-order valence-corrected chi connectivity index (χ0v) is 12.0. The maximum atomic E-state index is 4.58. The third-order valence-electron chi connectivity index (χ3n) is 3.36. The van der Waals surface area contributed by atoms with E-state index >= 15 is 0 Å². The molecular weight excluding hydrogens is 238 g/mol. The molecule has 2 atom stereocenters. The summed E-state index contributed by atoms with van der Waals surface area (Å²) in [5.74, 6) is 0. The van der Waals surface area contributed by atoms with Crippen molar-refractivity contribution >= 4 is 0 Å². The summed E-state index contributed by atoms with van der Waals surface area (Å²) in [6, 6.07) is 4.87. The smallest absolute Gasteiger partial charge is 0.0762 e. The maximum Gasteiger partial charge on any atom is 0.0762 e. The number of hydrogen-bond acceptors (Lipinski definition) is 3. The van der Waals surface area contributed by atoms with Gasteiger partial charge in [0.2, 0.25) is 0 Å². The molecule has 0 aliphatic rings. The molecule has 0 aromatic carbocycles. The third-order valence-corrected chi connectivity index (χ3v) is 3.36. The number of nitrogens with one attached hydrogen (secondary N) is 1. The van der Waals surface area contributed by atoms with E-state index in [1.54, 1.807) is 6.20 Å². The van der Waals surface area contributed by atoms with E-state index in [1.165, 1.54) is 0 Å². The molecule has 2 rings (SSSR count). The summed E-state index contributed by atoms with van der Waals surface area (Å²) >= 11 is 0. The van der Waals surface area contributed by atoms with Crippen LogP contribution in [0.5, 0.6) is 0 Å². The van der Waals surface area contributed by atoms with Gasteiger partial charge in [-0.1, -0.05) is 6.92 Å². The van der Waals surface area contributed by atoms with Crippen LogP contribution in [0.15, 0.2) is 30.7 Å². The minimum Gasteiger partial charge on any atom is -0.307 e. The van der Waals surface area contributed by atoms with Crippen molar-refractivity contribution in [3.05, 3.63) is 36.4 Å². The molecule has 2 heterocycles. The normalized spacial score (nSPS) is 14.5. The van der Waals surface area contributed by atoms with Crippen LogP contribution in [0.4, 0.5) is 0 Å². The van der Waals surface area contributed by atoms with Crippen molar-refractivity contribution in [3.8, 4) is 0 Å². The first-order valence-corrected chi connectivity index (χ1v) is 6.94. The predicted molar refractivity (Wildman–Crippen MR) is 75.8 cm³/mol. The van der Waals surface area contributed by atoms with Gasteiger partial charge in [0, 0.05) is 37.2 Å². The molecule has 5 heteroatoms. The van der Waals surface area contributed by atoms with E-state index in [4.69, 9.17) is 0 Å². The Bertz CT molecular complexity index is 474. The van der Waals surface area contributed by atoms with Crippen molar-refractivity contribution in [3.63, 3.8) is 0 Å². The summed E-state index contributed by atoms with van der Waals surface area (Å²) in [5, 5.41) is 12.3. The Morgan fingerprint density at radius 1 is 1.32 bits per heavy atom. The first-order valence-electron chi connectivity index (χ1n) is 6.94. The van der Waals surface area contributed by atoms with Crippen molar-refractivity contribution in [1.82, 2.24) is 24.9 Å². The fourth-order valence-corrected chi connectivity index (χ4v) is 1.94. The lowest BCUT2D eigenvalue weighted by molar-refractivity contribution is 0.439. The Kier molecular flexibility index (Phi) is 4.74. The molecule has 0 aliphatic heterocycles. The van der Waals surface area contributed by atoms with Crippen LogP contribution in [0.3, 0.4) is 0 Å². The topological polar surface area (TPSA) is 47.7 Å². The Balaban J connectivity index is 1.80. The Labute approximate surface area is 114 Å². The molecule has 0 saturated heterocycles. The van der Waals surface area contributed by atoms with E-state index < -0.39 is 0 Å². The van der Waals surface area contributed by atoms with Crippen LogP contribution in [0.2, 0.25) is 0 Å². The summed E-state index contributed by atoms with van der Waals surface area (Å²) in [6.07, 6.45) is 6.95. The van der Waals surface area contributed by atoms with Crippen LogP contribution >= 0.6 is 0 Å². The quantitative estimate of drug-likeness (QED) is 0.831. The molecule has 19 heavy (non-hydrogen) atoms. The van der Waals surface area contributed by atoms with E-state index in [2.05, 4.69) is 48.5 Å². The SMILES string of the molecule is CCC(C)n1ccc(CNC(C)Cn2cccn2)n1. The number of rotatable bonds is 7. The van der Waals surface area contributed by atoms with Crippen LogP contribution in [0.25, 0.3) is 0 Å². The molecule has 0 amide bonds. The van der Waals surface area contributed by atoms with E-state index in [-0.39, 0.29) is 0 Å². The lowest BCUT2D eigenvalue weighted by Gasteiger charge is -2.13. The molecule has 0 saturated carbocycles. The molecule has 5 nitrogen and oxygen atoms in total. The van der Waals surface area contributed by atoms with Crippen LogP contribution in [-0.2, 0) is 13.1 Å². The van der Waals surface area contributed by atoms with E-state index in [9.17, 15) is 0 Å². The van der Waals surface area contributed by atoms with Gasteiger partial charge in [-0.3, -0.25) is 9.36 Å². The van der Waals surface area contributed by atoms with Gasteiger partial charge in [0.15, 0.2) is 0 Å². The lowest BCUT2D eigenvalue weighted by atomic mass is 10.3. The number of hydrogen-bond donors (Lipinski definition) is 1. The van der Waals surface area contributed by atoms with Gasteiger partial charge in [0.1, 0.15) is 0 Å². The zero-order valence-electron chi connectivity index (χ0n) is 12.0. The van der Waals surface area contributed by atoms with Gasteiger partial charge in [-0.05, 0) is 32.4 Å². The van der Waals surface area contributed by atoms with Crippen molar-refractivity contribution in [2.75, 3.05) is 0 Å². The van der Waals surface area contributed by atoms with Crippen molar-refractivity contribution in [2.24, 2.45) is 0 Å². The molecular formula is C14H23N5. The molecule has 104 valence electrons. The Morgan fingerprint density at radius 2 is 2.16 bits per heavy atom. The second-order valence-corrected chi connectivity index (χ2v) is 5.05. The third kappa shape index (κ3) is 3.92. The van der Waals surface area contributed by atoms with Crippen molar-refractivity contribution < 1.29 is 0 Å². The van der Waals surface area contributed by atoms with Crippen LogP contribution in [0, 0.1) is 0 Å². The standard InChI is InChI=1S/C14H23N5/c1-4-13(3)19-9-6-14(17-19)10-15-12(2)11-18-8-5-7-16-18/h5-9,12-13,15H,4,10-11H2,1-3H3. The maximum absolute atomic E-state index is 4.58. The molecule has 2 aromatic rings. The first-order chi connectivity index (χ1) is 9.19. The summed E-state index contributed by atoms with van der Waals surface area (Å²) in [6.45, 7) is 8.19. The molecule has 1 N–H and O–H groups in total. The molecule has 0 bridgehead atoms. The summed E-state index contributed by atoms with van der Waals surface area (Å²) in [5.41, 5.74) is 1.09. The molecule has 2 aromatic heterocycles. The zero-order chi connectivity index (χ0) is 13.7. The van der Waals surface area contributed by atoms with Gasteiger partial charge >= 0.3 is 0 Å². The largest absolute Gasteiger partial charge is 0.307 e. The molecule has 0 spiro atoms. The van der Waals surface area contributed by atoms with Crippen LogP contribution < -0.4 is 5.32 Å². The van der Waals surface area contributed by atoms with Crippen molar-refractivity contribution in [1.29, 1.82) is 0 Å². The van der Waals surface area contributed by atoms with Gasteiger partial charge in [-0.2, -0.15) is 10.2 Å². The minimum atomic E-state index is 0.369. The van der Waals surface area contributed by atoms with E-state index in [0.29, 0.717) is 12.1 Å². The van der Waals surface area contributed by atoms with Crippen LogP contribution in [-0.4, -0.2) is 25.6 Å². The van der Waals surface area contributed by atoms with Gasteiger partial charge in [0.25, 0.3) is 0 Å². The summed E-state index contributed by atoms with van der Waals surface area (Å²) < 4.78 is 3.98. The Hall–Kier alpha value is -1.62. The van der Waals surface area contributed by atoms with E-state index in [0.717, 1.165) is 25.2 Å². The average molecular weight is 261 g/mol. The highest BCUT2D eigenvalue weighted by atomic mass is 15.3. The molecule has 0 aliphatic carbocycles. The Morgan fingerprint density at radius 3 is 2.84 bits per heavy atom. The summed E-state index contributed by atoms with van der Waals surface area (Å²) in [7, 11) is 0. The lowest BCUT2D eigenvalue weighted by Crippen LogP contribution is -2.30. The second kappa shape index (κ2) is 6.52. The first kappa shape index (κ1) is 13.8. The number of aromatic nitrogens is 4.